The van der Waals surface area contributed by atoms with Crippen LogP contribution in [0.1, 0.15) is 22.0 Å². The first-order valence-electron chi connectivity index (χ1n) is 5.71. The molecule has 0 aromatic carbocycles. The largest absolute Gasteiger partial charge is 0.463 e. The molecule has 0 aliphatic carbocycles. The second-order valence-electron chi connectivity index (χ2n) is 3.83. The van der Waals surface area contributed by atoms with Crippen LogP contribution in [-0.4, -0.2) is 37.4 Å². The lowest BCUT2D eigenvalue weighted by Gasteiger charge is -1.96. The molecule has 0 radical (unpaired) electrons. The topological polar surface area (TPSA) is 96.8 Å². The van der Waals surface area contributed by atoms with E-state index in [1.54, 1.807) is 13.2 Å². The Labute approximate surface area is 114 Å². The fourth-order valence-electron chi connectivity index (χ4n) is 1.57. The van der Waals surface area contributed by atoms with Crippen molar-refractivity contribution in [3.8, 4) is 11.6 Å². The fraction of sp³-hybridized carbons (Fsp3) is 0.417. The lowest BCUT2D eigenvalue weighted by atomic mass is 10.3. The highest BCUT2D eigenvalue weighted by molar-refractivity contribution is 5.87. The molecule has 0 unspecified atom stereocenters. The minimum atomic E-state index is -0.628. The third-order valence-electron chi connectivity index (χ3n) is 2.41. The fourth-order valence-corrected chi connectivity index (χ4v) is 1.57. The Bertz CT molecular complexity index is 589. The van der Waals surface area contributed by atoms with Crippen molar-refractivity contribution in [3.63, 3.8) is 0 Å². The van der Waals surface area contributed by atoms with Crippen LogP contribution in [0.15, 0.2) is 15.0 Å². The number of hydrogen-bond acceptors (Lipinski definition) is 8. The first-order valence-corrected chi connectivity index (χ1v) is 5.71. The van der Waals surface area contributed by atoms with Gasteiger partial charge in [0.15, 0.2) is 11.5 Å². The average Bonchev–Trinajstić information content (AvgIpc) is 3.06. The Morgan fingerprint density at radius 2 is 2.00 bits per heavy atom. The summed E-state index contributed by atoms with van der Waals surface area (Å²) in [5.74, 6) is 0.0363. The minimum absolute atomic E-state index is 0.0133. The SMILES string of the molecule is COCc1cc(-c2nc(COC)c(C(=O)OC)o2)no1. The molecule has 20 heavy (non-hydrogen) atoms. The Balaban J connectivity index is 2.33. The van der Waals surface area contributed by atoms with Crippen molar-refractivity contribution >= 4 is 5.97 Å². The van der Waals surface area contributed by atoms with Crippen molar-refractivity contribution in [2.75, 3.05) is 21.3 Å². The van der Waals surface area contributed by atoms with E-state index in [1.165, 1.54) is 14.2 Å². The number of ether oxygens (including phenoxy) is 3. The van der Waals surface area contributed by atoms with E-state index in [0.717, 1.165) is 0 Å². The summed E-state index contributed by atoms with van der Waals surface area (Å²) in [6.45, 7) is 0.402. The molecule has 2 heterocycles. The molecule has 2 aromatic heterocycles. The highest BCUT2D eigenvalue weighted by Crippen LogP contribution is 2.23. The number of rotatable bonds is 6. The van der Waals surface area contributed by atoms with E-state index in [1.807, 2.05) is 0 Å². The monoisotopic (exact) mass is 282 g/mol. The molecule has 0 fully saturated rings. The molecule has 0 amide bonds. The first-order chi connectivity index (χ1) is 9.69. The van der Waals surface area contributed by atoms with Gasteiger partial charge in [-0.15, -0.1) is 0 Å². The Hall–Kier alpha value is -2.19. The molecular weight excluding hydrogens is 268 g/mol. The van der Waals surface area contributed by atoms with Gasteiger partial charge in [0.25, 0.3) is 0 Å². The molecule has 0 atom stereocenters. The Kier molecular flexibility index (Phi) is 4.49. The zero-order valence-corrected chi connectivity index (χ0v) is 11.3. The molecule has 0 saturated heterocycles. The van der Waals surface area contributed by atoms with Gasteiger partial charge in [-0.05, 0) is 0 Å². The van der Waals surface area contributed by atoms with Gasteiger partial charge in [-0.25, -0.2) is 9.78 Å². The summed E-state index contributed by atoms with van der Waals surface area (Å²) in [5, 5.41) is 3.80. The summed E-state index contributed by atoms with van der Waals surface area (Å²) in [7, 11) is 4.29. The lowest BCUT2D eigenvalue weighted by Crippen LogP contribution is -2.04. The second-order valence-corrected chi connectivity index (χ2v) is 3.83. The molecule has 108 valence electrons. The molecule has 0 aliphatic rings. The molecular formula is C12H14N2O6. The second kappa shape index (κ2) is 6.31. The van der Waals surface area contributed by atoms with Gasteiger partial charge < -0.3 is 23.2 Å². The van der Waals surface area contributed by atoms with Gasteiger partial charge in [0.05, 0.1) is 13.7 Å². The van der Waals surface area contributed by atoms with Gasteiger partial charge in [0.1, 0.15) is 12.3 Å². The van der Waals surface area contributed by atoms with Crippen LogP contribution >= 0.6 is 0 Å². The predicted molar refractivity (Wildman–Crippen MR) is 64.8 cm³/mol. The standard InChI is InChI=1S/C12H14N2O6/c1-16-5-7-4-8(14-20-7)11-13-9(6-17-2)10(19-11)12(15)18-3/h4H,5-6H2,1-3H3. The highest BCUT2D eigenvalue weighted by atomic mass is 16.5. The van der Waals surface area contributed by atoms with Gasteiger partial charge in [0, 0.05) is 20.3 Å². The quantitative estimate of drug-likeness (QED) is 0.733. The van der Waals surface area contributed by atoms with Crippen LogP contribution in [0.25, 0.3) is 11.6 Å². The van der Waals surface area contributed by atoms with Crippen LogP contribution in [-0.2, 0) is 27.4 Å². The number of esters is 1. The summed E-state index contributed by atoms with van der Waals surface area (Å²) in [4.78, 5) is 15.7. The molecule has 0 N–H and O–H groups in total. The first kappa shape index (κ1) is 14.2. The summed E-state index contributed by atoms with van der Waals surface area (Å²) in [6.07, 6.45) is 0. The number of carbonyl (C=O) groups excluding carboxylic acids is 1. The number of carbonyl (C=O) groups is 1. The highest BCUT2D eigenvalue weighted by Gasteiger charge is 2.23. The molecule has 0 bridgehead atoms. The van der Waals surface area contributed by atoms with Crippen molar-refractivity contribution in [2.24, 2.45) is 0 Å². The van der Waals surface area contributed by atoms with Gasteiger partial charge >= 0.3 is 5.97 Å². The number of nitrogens with zero attached hydrogens (tertiary/aromatic N) is 2. The van der Waals surface area contributed by atoms with E-state index in [4.69, 9.17) is 18.4 Å². The van der Waals surface area contributed by atoms with E-state index < -0.39 is 5.97 Å². The maximum atomic E-state index is 11.6. The average molecular weight is 282 g/mol. The predicted octanol–water partition coefficient (Wildman–Crippen LogP) is 1.41. The molecule has 2 aromatic rings. The molecule has 0 spiro atoms. The Morgan fingerprint density at radius 3 is 2.65 bits per heavy atom. The summed E-state index contributed by atoms with van der Waals surface area (Å²) in [5.41, 5.74) is 0.704. The number of oxazole rings is 1. The van der Waals surface area contributed by atoms with Crippen molar-refractivity contribution in [3.05, 3.63) is 23.3 Å². The molecule has 8 heteroatoms. The summed E-state index contributed by atoms with van der Waals surface area (Å²) >= 11 is 0. The minimum Gasteiger partial charge on any atom is -0.463 e. The number of aromatic nitrogens is 2. The summed E-state index contributed by atoms with van der Waals surface area (Å²) in [6, 6.07) is 1.62. The molecule has 0 saturated carbocycles. The zero-order valence-electron chi connectivity index (χ0n) is 11.3. The zero-order chi connectivity index (χ0) is 14.5. The third-order valence-corrected chi connectivity index (χ3v) is 2.41. The van der Waals surface area contributed by atoms with Crippen LogP contribution in [0, 0.1) is 0 Å². The van der Waals surface area contributed by atoms with Gasteiger partial charge in [0.2, 0.25) is 11.7 Å². The van der Waals surface area contributed by atoms with E-state index in [2.05, 4.69) is 14.9 Å². The molecule has 2 rings (SSSR count). The number of hydrogen-bond donors (Lipinski definition) is 0. The van der Waals surface area contributed by atoms with E-state index in [0.29, 0.717) is 17.1 Å². The van der Waals surface area contributed by atoms with Crippen LogP contribution in [0.5, 0.6) is 0 Å². The maximum Gasteiger partial charge on any atom is 0.376 e. The smallest absolute Gasteiger partial charge is 0.376 e. The van der Waals surface area contributed by atoms with E-state index in [9.17, 15) is 4.79 Å². The maximum absolute atomic E-state index is 11.6. The lowest BCUT2D eigenvalue weighted by molar-refractivity contribution is 0.0559. The third kappa shape index (κ3) is 2.86. The van der Waals surface area contributed by atoms with Crippen molar-refractivity contribution < 1.29 is 27.9 Å². The van der Waals surface area contributed by atoms with E-state index in [-0.39, 0.29) is 24.9 Å². The van der Waals surface area contributed by atoms with Crippen molar-refractivity contribution in [1.29, 1.82) is 0 Å². The van der Waals surface area contributed by atoms with Crippen LogP contribution in [0.4, 0.5) is 0 Å². The van der Waals surface area contributed by atoms with Crippen molar-refractivity contribution in [1.82, 2.24) is 10.1 Å². The van der Waals surface area contributed by atoms with Gasteiger partial charge in [-0.1, -0.05) is 5.16 Å². The van der Waals surface area contributed by atoms with Crippen LogP contribution < -0.4 is 0 Å². The molecule has 0 aliphatic heterocycles. The van der Waals surface area contributed by atoms with Crippen molar-refractivity contribution in [2.45, 2.75) is 13.2 Å². The van der Waals surface area contributed by atoms with Crippen LogP contribution in [0.3, 0.4) is 0 Å². The molecule has 8 nitrogen and oxygen atoms in total. The van der Waals surface area contributed by atoms with E-state index >= 15 is 0 Å². The van der Waals surface area contributed by atoms with Gasteiger partial charge in [-0.2, -0.15) is 0 Å². The Morgan fingerprint density at radius 1 is 1.25 bits per heavy atom. The normalized spacial score (nSPS) is 10.8. The summed E-state index contributed by atoms with van der Waals surface area (Å²) < 4.78 is 24.9. The van der Waals surface area contributed by atoms with Crippen LogP contribution in [0.2, 0.25) is 0 Å². The van der Waals surface area contributed by atoms with Gasteiger partial charge in [-0.3, -0.25) is 0 Å². The number of methoxy groups -OCH3 is 3.